The van der Waals surface area contributed by atoms with Crippen LogP contribution in [0.2, 0.25) is 0 Å². The summed E-state index contributed by atoms with van der Waals surface area (Å²) in [5.74, 6) is -0.376. The average molecular weight is 502 g/mol. The summed E-state index contributed by atoms with van der Waals surface area (Å²) in [4.78, 5) is 12.5. The lowest BCUT2D eigenvalue weighted by atomic mass is 10.0. The van der Waals surface area contributed by atoms with E-state index in [2.05, 4.69) is 10.6 Å². The van der Waals surface area contributed by atoms with Crippen molar-refractivity contribution < 1.29 is 13.2 Å². The van der Waals surface area contributed by atoms with Crippen LogP contribution in [0.25, 0.3) is 16.8 Å². The number of nitrogens with one attached hydrogen (secondary N) is 2. The highest BCUT2D eigenvalue weighted by Gasteiger charge is 2.21. The van der Waals surface area contributed by atoms with Gasteiger partial charge in [0.25, 0.3) is 10.0 Å². The van der Waals surface area contributed by atoms with Gasteiger partial charge in [0.2, 0.25) is 5.91 Å². The molecule has 176 valence electrons. The molecule has 4 aromatic rings. The van der Waals surface area contributed by atoms with Gasteiger partial charge in [-0.15, -0.1) is 0 Å². The minimum Gasteiger partial charge on any atom is -0.332 e. The predicted octanol–water partition coefficient (Wildman–Crippen LogP) is 5.19. The van der Waals surface area contributed by atoms with Crippen LogP contribution in [0.4, 0.5) is 11.4 Å². The zero-order valence-electron chi connectivity index (χ0n) is 18.9. The van der Waals surface area contributed by atoms with E-state index in [-0.39, 0.29) is 15.9 Å². The van der Waals surface area contributed by atoms with Gasteiger partial charge in [-0.2, -0.15) is 0 Å². The van der Waals surface area contributed by atoms with E-state index < -0.39 is 10.0 Å². The van der Waals surface area contributed by atoms with E-state index in [9.17, 15) is 13.2 Å². The number of hydrogen-bond acceptors (Lipinski definition) is 4. The van der Waals surface area contributed by atoms with Crippen LogP contribution in [0.1, 0.15) is 5.56 Å². The van der Waals surface area contributed by atoms with Crippen molar-refractivity contribution in [2.24, 2.45) is 0 Å². The van der Waals surface area contributed by atoms with Crippen molar-refractivity contribution in [2.45, 2.75) is 4.90 Å². The second-order valence-electron chi connectivity index (χ2n) is 7.68. The summed E-state index contributed by atoms with van der Waals surface area (Å²) in [5.41, 5.74) is 2.04. The lowest BCUT2D eigenvalue weighted by molar-refractivity contribution is -0.115. The van der Waals surface area contributed by atoms with Crippen LogP contribution >= 0.6 is 12.2 Å². The summed E-state index contributed by atoms with van der Waals surface area (Å²) in [6.45, 7) is 0. The van der Waals surface area contributed by atoms with Crippen LogP contribution in [-0.2, 0) is 14.8 Å². The number of benzene rings is 4. The summed E-state index contributed by atoms with van der Waals surface area (Å²) < 4.78 is 27.0. The molecule has 0 unspecified atom stereocenters. The normalized spacial score (nSPS) is 11.3. The molecule has 0 bridgehead atoms. The molecule has 0 heterocycles. The monoisotopic (exact) mass is 501 g/mol. The fourth-order valence-electron chi connectivity index (χ4n) is 3.52. The van der Waals surface area contributed by atoms with E-state index >= 15 is 0 Å². The first kappa shape index (κ1) is 24.1. The molecule has 0 saturated carbocycles. The van der Waals surface area contributed by atoms with Gasteiger partial charge >= 0.3 is 0 Å². The summed E-state index contributed by atoms with van der Waals surface area (Å²) in [5, 5.41) is 7.74. The number of para-hydroxylation sites is 1. The largest absolute Gasteiger partial charge is 0.332 e. The molecule has 35 heavy (non-hydrogen) atoms. The minimum absolute atomic E-state index is 0.106. The van der Waals surface area contributed by atoms with Gasteiger partial charge in [-0.05, 0) is 71.0 Å². The van der Waals surface area contributed by atoms with Gasteiger partial charge in [-0.3, -0.25) is 14.4 Å². The first-order chi connectivity index (χ1) is 16.8. The van der Waals surface area contributed by atoms with Crippen LogP contribution < -0.4 is 14.9 Å². The Balaban J connectivity index is 1.38. The summed E-state index contributed by atoms with van der Waals surface area (Å²) in [7, 11) is -2.20. The van der Waals surface area contributed by atoms with Gasteiger partial charge < -0.3 is 5.32 Å². The molecule has 0 aliphatic carbocycles. The van der Waals surface area contributed by atoms with Crippen molar-refractivity contribution in [3.8, 4) is 0 Å². The van der Waals surface area contributed by atoms with Crippen LogP contribution in [0.3, 0.4) is 0 Å². The van der Waals surface area contributed by atoms with Crippen LogP contribution in [0.5, 0.6) is 0 Å². The number of rotatable bonds is 6. The lowest BCUT2D eigenvalue weighted by Gasteiger charge is -2.19. The topological polar surface area (TPSA) is 78.5 Å². The first-order valence-electron chi connectivity index (χ1n) is 10.8. The van der Waals surface area contributed by atoms with E-state index in [4.69, 9.17) is 12.2 Å². The van der Waals surface area contributed by atoms with E-state index in [1.165, 1.54) is 29.6 Å². The SMILES string of the molecule is CN(c1ccccc1)S(=O)(=O)c1ccc(NC(=S)NC(=O)/C=C/c2cccc3ccccc23)cc1. The molecular weight excluding hydrogens is 478 g/mol. The summed E-state index contributed by atoms with van der Waals surface area (Å²) >= 11 is 5.23. The second kappa shape index (κ2) is 10.5. The number of carbonyl (C=O) groups excluding carboxylic acids is 1. The zero-order chi connectivity index (χ0) is 24.8. The molecule has 4 rings (SSSR count). The molecule has 0 spiro atoms. The third kappa shape index (κ3) is 5.74. The molecule has 2 N–H and O–H groups in total. The van der Waals surface area contributed by atoms with Gasteiger partial charge in [-0.1, -0.05) is 60.7 Å². The third-order valence-corrected chi connectivity index (χ3v) is 7.37. The number of amides is 1. The molecule has 0 aliphatic heterocycles. The smallest absolute Gasteiger partial charge is 0.264 e. The Labute approximate surface area is 210 Å². The number of anilines is 2. The molecule has 0 saturated heterocycles. The van der Waals surface area contributed by atoms with E-state index in [1.54, 1.807) is 42.5 Å². The highest BCUT2D eigenvalue weighted by Crippen LogP contribution is 2.23. The number of hydrogen-bond donors (Lipinski definition) is 2. The Hall–Kier alpha value is -4.01. The average Bonchev–Trinajstić information content (AvgIpc) is 2.87. The highest BCUT2D eigenvalue weighted by atomic mass is 32.2. The molecule has 0 aliphatic rings. The second-order valence-corrected chi connectivity index (χ2v) is 10.1. The maximum absolute atomic E-state index is 12.9. The van der Waals surface area contributed by atoms with Crippen LogP contribution in [-0.4, -0.2) is 26.5 Å². The molecule has 6 nitrogen and oxygen atoms in total. The van der Waals surface area contributed by atoms with E-state index in [1.807, 2.05) is 48.5 Å². The van der Waals surface area contributed by atoms with Gasteiger partial charge in [0.1, 0.15) is 0 Å². The van der Waals surface area contributed by atoms with Crippen molar-refractivity contribution in [3.63, 3.8) is 0 Å². The van der Waals surface area contributed by atoms with Crippen molar-refractivity contribution in [2.75, 3.05) is 16.7 Å². The van der Waals surface area contributed by atoms with E-state index in [0.29, 0.717) is 11.4 Å². The molecule has 0 fully saturated rings. The Kier molecular flexibility index (Phi) is 7.24. The van der Waals surface area contributed by atoms with Gasteiger partial charge in [0.15, 0.2) is 5.11 Å². The van der Waals surface area contributed by atoms with Gasteiger partial charge in [-0.25, -0.2) is 8.42 Å². The molecule has 0 atom stereocenters. The molecular formula is C27H23N3O3S2. The molecule has 1 amide bonds. The third-order valence-electron chi connectivity index (χ3n) is 5.36. The Bertz CT molecular complexity index is 1490. The predicted molar refractivity (Wildman–Crippen MR) is 146 cm³/mol. The first-order valence-corrected chi connectivity index (χ1v) is 12.6. The number of carbonyl (C=O) groups is 1. The minimum atomic E-state index is -3.71. The maximum Gasteiger partial charge on any atom is 0.264 e. The zero-order valence-corrected chi connectivity index (χ0v) is 20.5. The van der Waals surface area contributed by atoms with Crippen LogP contribution in [0, 0.1) is 0 Å². The maximum atomic E-state index is 12.9. The number of sulfonamides is 1. The molecule has 0 radical (unpaired) electrons. The van der Waals surface area contributed by atoms with Crippen molar-refractivity contribution in [3.05, 3.63) is 109 Å². The van der Waals surface area contributed by atoms with Crippen LogP contribution in [0.15, 0.2) is 108 Å². The number of fused-ring (bicyclic) bond motifs is 1. The summed E-state index contributed by atoms with van der Waals surface area (Å²) in [6.07, 6.45) is 3.16. The van der Waals surface area contributed by atoms with Crippen molar-refractivity contribution in [1.29, 1.82) is 0 Å². The fraction of sp³-hybridized carbons (Fsp3) is 0.0370. The van der Waals surface area contributed by atoms with Crippen molar-refractivity contribution >= 4 is 61.5 Å². The molecule has 0 aromatic heterocycles. The molecule has 8 heteroatoms. The number of nitrogens with zero attached hydrogens (tertiary/aromatic N) is 1. The fourth-order valence-corrected chi connectivity index (χ4v) is 4.94. The van der Waals surface area contributed by atoms with E-state index in [0.717, 1.165) is 16.3 Å². The highest BCUT2D eigenvalue weighted by molar-refractivity contribution is 7.92. The quantitative estimate of drug-likeness (QED) is 0.281. The Morgan fingerprint density at radius 1 is 0.857 bits per heavy atom. The van der Waals surface area contributed by atoms with Crippen molar-refractivity contribution in [1.82, 2.24) is 5.32 Å². The summed E-state index contributed by atoms with van der Waals surface area (Å²) in [6, 6.07) is 28.8. The Morgan fingerprint density at radius 3 is 2.26 bits per heavy atom. The van der Waals surface area contributed by atoms with Gasteiger partial charge in [0, 0.05) is 18.8 Å². The lowest BCUT2D eigenvalue weighted by Crippen LogP contribution is -2.32. The standard InChI is InChI=1S/C27H23N3O3S2/c1-30(23-11-3-2-4-12-23)35(32,33)24-17-15-22(16-18-24)28-27(34)29-26(31)19-14-21-10-7-9-20-8-5-6-13-25(20)21/h2-19H,1H3,(H2,28,29,31,34)/b19-14+. The number of thiocarbonyl (C=S) groups is 1. The molecule has 4 aromatic carbocycles. The Morgan fingerprint density at radius 2 is 1.51 bits per heavy atom. The van der Waals surface area contributed by atoms with Gasteiger partial charge in [0.05, 0.1) is 10.6 Å².